The van der Waals surface area contributed by atoms with Gasteiger partial charge in [-0.3, -0.25) is 0 Å². The Hall–Kier alpha value is -2.15. The summed E-state index contributed by atoms with van der Waals surface area (Å²) in [6, 6.07) is 19.5. The lowest BCUT2D eigenvalue weighted by Crippen LogP contribution is -2.32. The number of hydrogen-bond donors (Lipinski definition) is 0. The molecule has 0 bridgehead atoms. The van der Waals surface area contributed by atoms with Crippen LogP contribution in [0, 0.1) is 13.8 Å². The molecular formula is C18H18N+. The average molecular weight is 248 g/mol. The quantitative estimate of drug-likeness (QED) is 0.574. The van der Waals surface area contributed by atoms with Crippen molar-refractivity contribution < 1.29 is 4.57 Å². The highest BCUT2D eigenvalue weighted by Crippen LogP contribution is 2.22. The van der Waals surface area contributed by atoms with Gasteiger partial charge in [-0.2, -0.15) is 4.57 Å². The molecule has 94 valence electrons. The predicted octanol–water partition coefficient (Wildman–Crippen LogP) is 3.95. The van der Waals surface area contributed by atoms with Crippen molar-refractivity contribution in [3.63, 3.8) is 0 Å². The van der Waals surface area contributed by atoms with Crippen LogP contribution in [0.3, 0.4) is 0 Å². The lowest BCUT2D eigenvalue weighted by molar-refractivity contribution is -0.633. The van der Waals surface area contributed by atoms with Crippen LogP contribution in [0.4, 0.5) is 0 Å². The summed E-state index contributed by atoms with van der Waals surface area (Å²) < 4.78 is 2.28. The summed E-state index contributed by atoms with van der Waals surface area (Å²) in [6.45, 7) is 4.30. The fourth-order valence-corrected chi connectivity index (χ4v) is 2.63. The van der Waals surface area contributed by atoms with Gasteiger partial charge in [0.1, 0.15) is 7.05 Å². The van der Waals surface area contributed by atoms with E-state index in [9.17, 15) is 0 Å². The zero-order chi connectivity index (χ0) is 13.4. The molecule has 2 aromatic carbocycles. The molecule has 0 aliphatic rings. The molecule has 0 unspecified atom stereocenters. The summed E-state index contributed by atoms with van der Waals surface area (Å²) in [6.07, 6.45) is 0. The second kappa shape index (κ2) is 4.51. The van der Waals surface area contributed by atoms with E-state index in [4.69, 9.17) is 0 Å². The van der Waals surface area contributed by atoms with Crippen molar-refractivity contribution in [1.82, 2.24) is 0 Å². The van der Waals surface area contributed by atoms with E-state index < -0.39 is 0 Å². The Labute approximate surface area is 114 Å². The van der Waals surface area contributed by atoms with Crippen LogP contribution in [0.15, 0.2) is 54.6 Å². The molecule has 0 spiro atoms. The highest BCUT2D eigenvalue weighted by molar-refractivity contribution is 5.78. The Morgan fingerprint density at radius 1 is 0.842 bits per heavy atom. The molecule has 0 N–H and O–H groups in total. The van der Waals surface area contributed by atoms with Gasteiger partial charge in [0.25, 0.3) is 0 Å². The molecule has 1 aromatic heterocycles. The van der Waals surface area contributed by atoms with Gasteiger partial charge in [0.2, 0.25) is 11.2 Å². The van der Waals surface area contributed by atoms with Crippen LogP contribution in [0.25, 0.3) is 22.2 Å². The standard InChI is InChI=1S/C18H18N/c1-13-8-9-15-10-11-17(19(3)18(15)12-13)16-7-5-4-6-14(16)2/h4-12H,1-3H3/q+1. The van der Waals surface area contributed by atoms with Gasteiger partial charge in [-0.15, -0.1) is 0 Å². The van der Waals surface area contributed by atoms with Gasteiger partial charge in [-0.25, -0.2) is 0 Å². The van der Waals surface area contributed by atoms with Crippen LogP contribution < -0.4 is 4.57 Å². The van der Waals surface area contributed by atoms with E-state index in [1.807, 2.05) is 0 Å². The second-order valence-corrected chi connectivity index (χ2v) is 5.15. The third-order valence-electron chi connectivity index (χ3n) is 3.75. The van der Waals surface area contributed by atoms with Crippen LogP contribution in [-0.2, 0) is 7.05 Å². The molecule has 0 saturated heterocycles. The van der Waals surface area contributed by atoms with Crippen molar-refractivity contribution in [3.05, 3.63) is 65.7 Å². The average Bonchev–Trinajstić information content (AvgIpc) is 2.41. The molecule has 0 aliphatic carbocycles. The largest absolute Gasteiger partial charge is 0.213 e. The first-order valence-corrected chi connectivity index (χ1v) is 6.62. The van der Waals surface area contributed by atoms with Crippen LogP contribution in [-0.4, -0.2) is 0 Å². The Bertz CT molecular complexity index is 757. The molecule has 1 nitrogen and oxygen atoms in total. The highest BCUT2D eigenvalue weighted by atomic mass is 14.9. The summed E-state index contributed by atoms with van der Waals surface area (Å²) in [5.74, 6) is 0. The number of nitrogens with zero attached hydrogens (tertiary/aromatic N) is 1. The van der Waals surface area contributed by atoms with Crippen molar-refractivity contribution in [2.45, 2.75) is 13.8 Å². The summed E-state index contributed by atoms with van der Waals surface area (Å²) in [4.78, 5) is 0. The van der Waals surface area contributed by atoms with Gasteiger partial charge in [0, 0.05) is 23.1 Å². The Kier molecular flexibility index (Phi) is 2.83. The second-order valence-electron chi connectivity index (χ2n) is 5.15. The van der Waals surface area contributed by atoms with Crippen molar-refractivity contribution >= 4 is 10.9 Å². The van der Waals surface area contributed by atoms with Crippen molar-refractivity contribution in [2.24, 2.45) is 7.05 Å². The number of rotatable bonds is 1. The summed E-state index contributed by atoms with van der Waals surface area (Å²) >= 11 is 0. The molecule has 19 heavy (non-hydrogen) atoms. The number of fused-ring (bicyclic) bond motifs is 1. The fourth-order valence-electron chi connectivity index (χ4n) is 2.63. The van der Waals surface area contributed by atoms with Gasteiger partial charge in [0.15, 0.2) is 0 Å². The lowest BCUT2D eigenvalue weighted by atomic mass is 10.0. The zero-order valence-corrected chi connectivity index (χ0v) is 11.6. The van der Waals surface area contributed by atoms with E-state index in [0.29, 0.717) is 0 Å². The molecular weight excluding hydrogens is 230 g/mol. The van der Waals surface area contributed by atoms with Crippen LogP contribution >= 0.6 is 0 Å². The minimum Gasteiger partial charge on any atom is -0.194 e. The van der Waals surface area contributed by atoms with E-state index in [2.05, 4.69) is 80.1 Å². The Balaban J connectivity index is 2.32. The van der Waals surface area contributed by atoms with Crippen molar-refractivity contribution in [3.8, 4) is 11.3 Å². The lowest BCUT2D eigenvalue weighted by Gasteiger charge is -2.06. The first-order valence-electron chi connectivity index (χ1n) is 6.62. The third kappa shape index (κ3) is 2.01. The maximum atomic E-state index is 2.28. The van der Waals surface area contributed by atoms with Crippen molar-refractivity contribution in [1.29, 1.82) is 0 Å². The Morgan fingerprint density at radius 3 is 2.37 bits per heavy atom. The molecule has 1 heteroatoms. The van der Waals surface area contributed by atoms with Gasteiger partial charge in [-0.05, 0) is 43.2 Å². The zero-order valence-electron chi connectivity index (χ0n) is 11.6. The van der Waals surface area contributed by atoms with Gasteiger partial charge in [0.05, 0.1) is 0 Å². The SMILES string of the molecule is Cc1ccc2ccc(-c3ccccc3C)[n+](C)c2c1. The topological polar surface area (TPSA) is 3.88 Å². The smallest absolute Gasteiger partial charge is 0.194 e. The first-order chi connectivity index (χ1) is 9.16. The van der Waals surface area contributed by atoms with Crippen molar-refractivity contribution in [2.75, 3.05) is 0 Å². The number of aryl methyl sites for hydroxylation is 3. The molecule has 1 heterocycles. The third-order valence-corrected chi connectivity index (χ3v) is 3.75. The summed E-state index contributed by atoms with van der Waals surface area (Å²) in [5.41, 5.74) is 6.44. The molecule has 0 amide bonds. The normalized spacial score (nSPS) is 10.9. The van der Waals surface area contributed by atoms with Gasteiger partial charge in [-0.1, -0.05) is 24.3 Å². The first kappa shape index (κ1) is 11.9. The number of pyridine rings is 1. The summed E-state index contributed by atoms with van der Waals surface area (Å²) in [5, 5.41) is 1.28. The highest BCUT2D eigenvalue weighted by Gasteiger charge is 2.15. The maximum Gasteiger partial charge on any atom is 0.213 e. The monoisotopic (exact) mass is 248 g/mol. The number of benzene rings is 2. The van der Waals surface area contributed by atoms with Crippen LogP contribution in [0.5, 0.6) is 0 Å². The molecule has 0 fully saturated rings. The van der Waals surface area contributed by atoms with Gasteiger partial charge >= 0.3 is 0 Å². The Morgan fingerprint density at radius 2 is 1.58 bits per heavy atom. The molecule has 0 atom stereocenters. The fraction of sp³-hybridized carbons (Fsp3) is 0.167. The molecule has 0 saturated carbocycles. The number of hydrogen-bond acceptors (Lipinski definition) is 0. The molecule has 0 aliphatic heterocycles. The molecule has 0 radical (unpaired) electrons. The van der Waals surface area contributed by atoms with Crippen LogP contribution in [0.2, 0.25) is 0 Å². The van der Waals surface area contributed by atoms with E-state index in [0.717, 1.165) is 0 Å². The van der Waals surface area contributed by atoms with Gasteiger partial charge < -0.3 is 0 Å². The minimum atomic E-state index is 1.26. The molecule has 3 aromatic rings. The summed E-state index contributed by atoms with van der Waals surface area (Å²) in [7, 11) is 2.14. The maximum absolute atomic E-state index is 2.28. The van der Waals surface area contributed by atoms with E-state index in [1.165, 1.54) is 33.3 Å². The van der Waals surface area contributed by atoms with Crippen LogP contribution in [0.1, 0.15) is 11.1 Å². The minimum absolute atomic E-state index is 1.26. The van der Waals surface area contributed by atoms with E-state index in [-0.39, 0.29) is 0 Å². The van der Waals surface area contributed by atoms with E-state index in [1.54, 1.807) is 0 Å². The number of aromatic nitrogens is 1. The molecule has 3 rings (SSSR count). The predicted molar refractivity (Wildman–Crippen MR) is 80.0 cm³/mol. The van der Waals surface area contributed by atoms with E-state index >= 15 is 0 Å².